The van der Waals surface area contributed by atoms with Crippen LogP contribution in [-0.2, 0) is 0 Å². The molecule has 0 saturated carbocycles. The lowest BCUT2D eigenvalue weighted by molar-refractivity contribution is -0.384. The maximum Gasteiger partial charge on any atom is 0.288 e. The third-order valence-electron chi connectivity index (χ3n) is 2.41. The molecule has 5 heteroatoms. The van der Waals surface area contributed by atoms with E-state index in [9.17, 15) is 10.1 Å². The lowest BCUT2D eigenvalue weighted by atomic mass is 10.1. The number of hydrogen-bond acceptors (Lipinski definition) is 3. The molecule has 0 radical (unpaired) electrons. The Balaban J connectivity index is 2.99. The summed E-state index contributed by atoms with van der Waals surface area (Å²) >= 11 is 5.86. The van der Waals surface area contributed by atoms with Crippen LogP contribution in [-0.4, -0.2) is 11.0 Å². The fourth-order valence-corrected chi connectivity index (χ4v) is 1.77. The Kier molecular flexibility index (Phi) is 4.52. The van der Waals surface area contributed by atoms with Gasteiger partial charge in [0.05, 0.1) is 4.92 Å². The molecule has 17 heavy (non-hydrogen) atoms. The smallest absolute Gasteiger partial charge is 0.288 e. The first-order valence-corrected chi connectivity index (χ1v) is 5.65. The number of nitrogens with one attached hydrogen (secondary N) is 1. The second-order valence-electron chi connectivity index (χ2n) is 3.95. The van der Waals surface area contributed by atoms with Crippen molar-refractivity contribution in [1.29, 1.82) is 0 Å². The molecule has 0 bridgehead atoms. The van der Waals surface area contributed by atoms with Gasteiger partial charge in [-0.25, -0.2) is 0 Å². The van der Waals surface area contributed by atoms with Gasteiger partial charge in [-0.3, -0.25) is 10.1 Å². The first-order valence-electron chi connectivity index (χ1n) is 5.27. The summed E-state index contributed by atoms with van der Waals surface area (Å²) in [4.78, 5) is 10.2. The number of benzene rings is 1. The number of aryl methyl sites for hydroxylation is 1. The second kappa shape index (κ2) is 5.68. The van der Waals surface area contributed by atoms with E-state index in [4.69, 9.17) is 11.6 Å². The molecule has 0 saturated heterocycles. The predicted octanol–water partition coefficient (Wildman–Crippen LogP) is 3.93. The van der Waals surface area contributed by atoms with Crippen LogP contribution in [0.4, 0.5) is 11.4 Å². The van der Waals surface area contributed by atoms with Crippen LogP contribution in [0.1, 0.15) is 18.9 Å². The van der Waals surface area contributed by atoms with E-state index in [-0.39, 0.29) is 16.8 Å². The Bertz CT molecular complexity index is 446. The van der Waals surface area contributed by atoms with Crippen molar-refractivity contribution in [3.05, 3.63) is 45.5 Å². The zero-order chi connectivity index (χ0) is 13.0. The Hall–Kier alpha value is -1.55. The maximum absolute atomic E-state index is 10.7. The van der Waals surface area contributed by atoms with Crippen molar-refractivity contribution in [2.45, 2.75) is 26.3 Å². The predicted molar refractivity (Wildman–Crippen MR) is 70.7 cm³/mol. The molecule has 0 amide bonds. The topological polar surface area (TPSA) is 55.2 Å². The molecule has 0 fully saturated rings. The maximum atomic E-state index is 10.7. The molecule has 0 aliphatic heterocycles. The highest BCUT2D eigenvalue weighted by Crippen LogP contribution is 2.30. The zero-order valence-corrected chi connectivity index (χ0v) is 10.6. The molecule has 1 N–H and O–H groups in total. The minimum atomic E-state index is -0.480. The van der Waals surface area contributed by atoms with Gasteiger partial charge >= 0.3 is 0 Å². The average molecular weight is 255 g/mol. The van der Waals surface area contributed by atoms with Crippen molar-refractivity contribution in [3.63, 3.8) is 0 Å². The van der Waals surface area contributed by atoms with Crippen LogP contribution in [0.3, 0.4) is 0 Å². The molecule has 0 spiro atoms. The molecule has 4 nitrogen and oxygen atoms in total. The first kappa shape index (κ1) is 13.5. The molecule has 1 unspecified atom stereocenters. The van der Waals surface area contributed by atoms with Gasteiger partial charge in [0.2, 0.25) is 0 Å². The van der Waals surface area contributed by atoms with Gasteiger partial charge in [0.1, 0.15) is 5.02 Å². The van der Waals surface area contributed by atoms with Gasteiger partial charge in [-0.2, -0.15) is 0 Å². The fraction of sp³-hybridized carbons (Fsp3) is 0.333. The van der Waals surface area contributed by atoms with Gasteiger partial charge in [-0.15, -0.1) is 6.58 Å². The van der Waals surface area contributed by atoms with Gasteiger partial charge in [-0.05, 0) is 31.9 Å². The summed E-state index contributed by atoms with van der Waals surface area (Å²) in [6.07, 6.45) is 2.63. The number of halogens is 1. The van der Waals surface area contributed by atoms with Gasteiger partial charge in [0, 0.05) is 17.8 Å². The lowest BCUT2D eigenvalue weighted by Crippen LogP contribution is -2.14. The standard InChI is InChI=1S/C12H15ClN2O2/c1-4-5-9(3)14-11-7-10(13)12(15(16)17)6-8(11)2/h4,6-7,9,14H,1,5H2,2-3H3. The number of hydrogen-bond donors (Lipinski definition) is 1. The summed E-state index contributed by atoms with van der Waals surface area (Å²) in [5.41, 5.74) is 1.55. The second-order valence-corrected chi connectivity index (χ2v) is 4.35. The summed E-state index contributed by atoms with van der Waals surface area (Å²) in [6.45, 7) is 7.49. The molecule has 1 atom stereocenters. The van der Waals surface area contributed by atoms with Crippen molar-refractivity contribution in [3.8, 4) is 0 Å². The Labute approximate surface area is 105 Å². The van der Waals surface area contributed by atoms with Crippen molar-refractivity contribution < 1.29 is 4.92 Å². The Morgan fingerprint density at radius 3 is 2.82 bits per heavy atom. The third kappa shape index (κ3) is 3.46. The van der Waals surface area contributed by atoms with E-state index in [1.165, 1.54) is 6.07 Å². The van der Waals surface area contributed by atoms with Crippen LogP contribution in [0, 0.1) is 17.0 Å². The summed E-state index contributed by atoms with van der Waals surface area (Å²) in [6, 6.07) is 3.28. The first-order chi connectivity index (χ1) is 7.95. The van der Waals surface area contributed by atoms with E-state index < -0.39 is 4.92 Å². The van der Waals surface area contributed by atoms with Crippen molar-refractivity contribution in [2.24, 2.45) is 0 Å². The van der Waals surface area contributed by atoms with Crippen LogP contribution in [0.15, 0.2) is 24.8 Å². The summed E-state index contributed by atoms with van der Waals surface area (Å²) in [7, 11) is 0. The number of anilines is 1. The number of nitrogens with zero attached hydrogens (tertiary/aromatic N) is 1. The monoisotopic (exact) mass is 254 g/mol. The lowest BCUT2D eigenvalue weighted by Gasteiger charge is -2.15. The quantitative estimate of drug-likeness (QED) is 0.492. The van der Waals surface area contributed by atoms with E-state index in [1.54, 1.807) is 6.07 Å². The average Bonchev–Trinajstić information content (AvgIpc) is 2.22. The summed E-state index contributed by atoms with van der Waals surface area (Å²) in [5.74, 6) is 0. The molecule has 0 aromatic heterocycles. The molecule has 0 aliphatic carbocycles. The van der Waals surface area contributed by atoms with Crippen LogP contribution in [0.2, 0.25) is 5.02 Å². The molecular formula is C12H15ClN2O2. The van der Waals surface area contributed by atoms with Crippen molar-refractivity contribution in [1.82, 2.24) is 0 Å². The van der Waals surface area contributed by atoms with Crippen molar-refractivity contribution in [2.75, 3.05) is 5.32 Å². The highest BCUT2D eigenvalue weighted by atomic mass is 35.5. The van der Waals surface area contributed by atoms with E-state index in [1.807, 2.05) is 19.9 Å². The van der Waals surface area contributed by atoms with Crippen LogP contribution in [0.25, 0.3) is 0 Å². The largest absolute Gasteiger partial charge is 0.382 e. The highest BCUT2D eigenvalue weighted by Gasteiger charge is 2.15. The van der Waals surface area contributed by atoms with E-state index in [0.717, 1.165) is 17.7 Å². The molecular weight excluding hydrogens is 240 g/mol. The van der Waals surface area contributed by atoms with Gasteiger partial charge in [0.15, 0.2) is 0 Å². The third-order valence-corrected chi connectivity index (χ3v) is 2.72. The minimum Gasteiger partial charge on any atom is -0.382 e. The number of nitro benzene ring substituents is 1. The minimum absolute atomic E-state index is 0.0638. The van der Waals surface area contributed by atoms with Crippen LogP contribution in [0.5, 0.6) is 0 Å². The molecule has 92 valence electrons. The molecule has 1 rings (SSSR count). The summed E-state index contributed by atoms with van der Waals surface area (Å²) in [5, 5.41) is 14.1. The fourth-order valence-electron chi connectivity index (χ4n) is 1.54. The van der Waals surface area contributed by atoms with Gasteiger partial charge in [-0.1, -0.05) is 17.7 Å². The van der Waals surface area contributed by atoms with Crippen LogP contribution >= 0.6 is 11.6 Å². The van der Waals surface area contributed by atoms with Gasteiger partial charge in [0.25, 0.3) is 5.69 Å². The number of rotatable bonds is 5. The molecule has 0 heterocycles. The summed E-state index contributed by atoms with van der Waals surface area (Å²) < 4.78 is 0. The SMILES string of the molecule is C=CCC(C)Nc1cc(Cl)c([N+](=O)[O-])cc1C. The van der Waals surface area contributed by atoms with Crippen LogP contribution < -0.4 is 5.32 Å². The van der Waals surface area contributed by atoms with E-state index in [0.29, 0.717) is 0 Å². The number of nitro groups is 1. The zero-order valence-electron chi connectivity index (χ0n) is 9.87. The molecule has 0 aliphatic rings. The van der Waals surface area contributed by atoms with E-state index >= 15 is 0 Å². The van der Waals surface area contributed by atoms with Crippen molar-refractivity contribution >= 4 is 23.0 Å². The molecule has 1 aromatic carbocycles. The van der Waals surface area contributed by atoms with E-state index in [2.05, 4.69) is 11.9 Å². The van der Waals surface area contributed by atoms with Gasteiger partial charge < -0.3 is 5.32 Å². The highest BCUT2D eigenvalue weighted by molar-refractivity contribution is 6.33. The Morgan fingerprint density at radius 1 is 1.65 bits per heavy atom. The normalized spacial score (nSPS) is 11.9. The molecule has 1 aromatic rings. The Morgan fingerprint density at radius 2 is 2.29 bits per heavy atom.